The smallest absolute Gasteiger partial charge is 0.280 e. The van der Waals surface area contributed by atoms with Crippen molar-refractivity contribution in [3.05, 3.63) is 70.2 Å². The van der Waals surface area contributed by atoms with Crippen LogP contribution in [0.4, 0.5) is 8.78 Å². The summed E-state index contributed by atoms with van der Waals surface area (Å²) in [6.45, 7) is 2.45. The molecule has 0 saturated carbocycles. The Kier molecular flexibility index (Phi) is 6.36. The molecule has 0 radical (unpaired) electrons. The van der Waals surface area contributed by atoms with Crippen molar-refractivity contribution < 1.29 is 18.0 Å². The van der Waals surface area contributed by atoms with Crippen molar-refractivity contribution in [2.45, 2.75) is 45.1 Å². The summed E-state index contributed by atoms with van der Waals surface area (Å²) < 4.78 is 33.4. The number of alkyl halides is 2. The Labute approximate surface area is 183 Å². The van der Waals surface area contributed by atoms with Gasteiger partial charge in [0.15, 0.2) is 5.89 Å². The highest BCUT2D eigenvalue weighted by Crippen LogP contribution is 2.28. The summed E-state index contributed by atoms with van der Waals surface area (Å²) in [7, 11) is 0. The van der Waals surface area contributed by atoms with E-state index in [-0.39, 0.29) is 24.1 Å². The Morgan fingerprint density at radius 3 is 2.97 bits per heavy atom. The lowest BCUT2D eigenvalue weighted by Crippen LogP contribution is -2.41. The van der Waals surface area contributed by atoms with E-state index in [2.05, 4.69) is 10.1 Å². The molecule has 1 saturated heterocycles. The van der Waals surface area contributed by atoms with E-state index in [0.29, 0.717) is 36.1 Å². The van der Waals surface area contributed by atoms with E-state index in [9.17, 15) is 13.6 Å². The number of piperidine rings is 1. The van der Waals surface area contributed by atoms with E-state index >= 15 is 0 Å². The highest BCUT2D eigenvalue weighted by Gasteiger charge is 2.29. The molecular weight excluding hydrogens is 426 g/mol. The summed E-state index contributed by atoms with van der Waals surface area (Å²) in [6.07, 6.45) is 1.26. The average molecular weight is 449 g/mol. The van der Waals surface area contributed by atoms with E-state index in [1.165, 1.54) is 6.07 Å². The zero-order chi connectivity index (χ0) is 22.0. The standard InChI is InChI=1S/C22H23ClF2N4O2/c1-14-8-19(21(24)25)29(27-14)13-20(30)28-7-3-5-16(12-28)22-26-11-18(31-22)10-15-4-2-6-17(23)9-15/h2,4,6,8-9,11,16,21H,3,5,7,10,12-13H2,1H3/t16-/m0/s1. The van der Waals surface area contributed by atoms with Gasteiger partial charge < -0.3 is 9.32 Å². The number of rotatable bonds is 6. The SMILES string of the molecule is Cc1cc(C(F)F)n(CC(=O)N2CCC[C@H](c3ncc(Cc4cccc(Cl)c4)o3)C2)n1. The fraction of sp³-hybridized carbons (Fsp3) is 0.409. The Morgan fingerprint density at radius 1 is 1.35 bits per heavy atom. The molecule has 0 aliphatic carbocycles. The minimum absolute atomic E-state index is 0.0280. The number of halogens is 3. The Balaban J connectivity index is 1.41. The number of benzene rings is 1. The van der Waals surface area contributed by atoms with Gasteiger partial charge in [-0.15, -0.1) is 0 Å². The highest BCUT2D eigenvalue weighted by molar-refractivity contribution is 6.30. The van der Waals surface area contributed by atoms with Crippen molar-refractivity contribution in [3.8, 4) is 0 Å². The van der Waals surface area contributed by atoms with E-state index in [1.807, 2.05) is 24.3 Å². The van der Waals surface area contributed by atoms with Crippen LogP contribution in [0.2, 0.25) is 5.02 Å². The molecule has 2 aromatic heterocycles. The summed E-state index contributed by atoms with van der Waals surface area (Å²) in [5, 5.41) is 4.71. The molecule has 1 amide bonds. The molecule has 4 rings (SSSR count). The van der Waals surface area contributed by atoms with Crippen LogP contribution in [0.15, 0.2) is 40.9 Å². The fourth-order valence-electron chi connectivity index (χ4n) is 3.94. The normalized spacial score (nSPS) is 16.8. The molecule has 9 heteroatoms. The molecule has 31 heavy (non-hydrogen) atoms. The van der Waals surface area contributed by atoms with Crippen molar-refractivity contribution in [3.63, 3.8) is 0 Å². The lowest BCUT2D eigenvalue weighted by Gasteiger charge is -2.31. The van der Waals surface area contributed by atoms with Gasteiger partial charge in [-0.2, -0.15) is 5.10 Å². The number of hydrogen-bond donors (Lipinski definition) is 0. The number of likely N-dealkylation sites (tertiary alicyclic amines) is 1. The highest BCUT2D eigenvalue weighted by atomic mass is 35.5. The minimum atomic E-state index is -2.67. The van der Waals surface area contributed by atoms with Gasteiger partial charge in [-0.25, -0.2) is 13.8 Å². The second-order valence-electron chi connectivity index (χ2n) is 7.82. The van der Waals surface area contributed by atoms with Crippen molar-refractivity contribution in [1.82, 2.24) is 19.7 Å². The van der Waals surface area contributed by atoms with E-state index in [4.69, 9.17) is 16.0 Å². The third-order valence-electron chi connectivity index (χ3n) is 5.40. The van der Waals surface area contributed by atoms with Crippen LogP contribution < -0.4 is 0 Å². The molecule has 0 spiro atoms. The number of aryl methyl sites for hydroxylation is 1. The van der Waals surface area contributed by atoms with Crippen LogP contribution >= 0.6 is 11.6 Å². The number of amides is 1. The molecule has 164 valence electrons. The Bertz CT molecular complexity index is 1070. The van der Waals surface area contributed by atoms with Crippen molar-refractivity contribution >= 4 is 17.5 Å². The van der Waals surface area contributed by atoms with Crippen molar-refractivity contribution in [2.75, 3.05) is 13.1 Å². The van der Waals surface area contributed by atoms with Gasteiger partial charge in [0.2, 0.25) is 5.91 Å². The molecule has 1 aliphatic heterocycles. The molecule has 1 fully saturated rings. The maximum Gasteiger partial charge on any atom is 0.280 e. The van der Waals surface area contributed by atoms with E-state index in [1.54, 1.807) is 18.0 Å². The molecule has 1 aliphatic rings. The summed E-state index contributed by atoms with van der Waals surface area (Å²) >= 11 is 6.04. The van der Waals surface area contributed by atoms with Gasteiger partial charge in [0.25, 0.3) is 6.43 Å². The number of carbonyl (C=O) groups excluding carboxylic acids is 1. The van der Waals surface area contributed by atoms with Crippen LogP contribution in [-0.4, -0.2) is 38.7 Å². The van der Waals surface area contributed by atoms with Crippen LogP contribution in [0, 0.1) is 6.92 Å². The van der Waals surface area contributed by atoms with Gasteiger partial charge in [0, 0.05) is 24.5 Å². The molecule has 3 heterocycles. The number of hydrogen-bond acceptors (Lipinski definition) is 4. The first kappa shape index (κ1) is 21.5. The predicted molar refractivity (Wildman–Crippen MR) is 111 cm³/mol. The molecule has 0 unspecified atom stereocenters. The van der Waals surface area contributed by atoms with Gasteiger partial charge in [0.1, 0.15) is 18.0 Å². The monoisotopic (exact) mass is 448 g/mol. The lowest BCUT2D eigenvalue weighted by atomic mass is 9.98. The lowest BCUT2D eigenvalue weighted by molar-refractivity contribution is -0.133. The molecule has 0 bridgehead atoms. The first-order valence-corrected chi connectivity index (χ1v) is 10.6. The number of aromatic nitrogens is 3. The molecule has 3 aromatic rings. The summed E-state index contributed by atoms with van der Waals surface area (Å²) in [5.74, 6) is 1.06. The van der Waals surface area contributed by atoms with Gasteiger partial charge >= 0.3 is 0 Å². The third kappa shape index (κ3) is 5.12. The van der Waals surface area contributed by atoms with Gasteiger partial charge in [0.05, 0.1) is 17.8 Å². The predicted octanol–water partition coefficient (Wildman–Crippen LogP) is 4.77. The molecule has 1 atom stereocenters. The second-order valence-corrected chi connectivity index (χ2v) is 8.26. The Hall–Kier alpha value is -2.74. The summed E-state index contributed by atoms with van der Waals surface area (Å²) in [5.41, 5.74) is 1.25. The molecular formula is C22H23ClF2N4O2. The van der Waals surface area contributed by atoms with Crippen molar-refractivity contribution in [1.29, 1.82) is 0 Å². The van der Waals surface area contributed by atoms with E-state index in [0.717, 1.165) is 28.8 Å². The van der Waals surface area contributed by atoms with Crippen LogP contribution in [0.1, 0.15) is 53.8 Å². The quantitative estimate of drug-likeness (QED) is 0.545. The Morgan fingerprint density at radius 2 is 2.19 bits per heavy atom. The van der Waals surface area contributed by atoms with Crippen LogP contribution in [0.3, 0.4) is 0 Å². The van der Waals surface area contributed by atoms with Crippen molar-refractivity contribution in [2.24, 2.45) is 0 Å². The molecule has 6 nitrogen and oxygen atoms in total. The zero-order valence-corrected chi connectivity index (χ0v) is 17.9. The first-order chi connectivity index (χ1) is 14.9. The summed E-state index contributed by atoms with van der Waals surface area (Å²) in [4.78, 5) is 18.9. The maximum absolute atomic E-state index is 13.2. The second kappa shape index (κ2) is 9.18. The third-order valence-corrected chi connectivity index (χ3v) is 5.64. The largest absolute Gasteiger partial charge is 0.445 e. The van der Waals surface area contributed by atoms with Gasteiger partial charge in [-0.1, -0.05) is 23.7 Å². The van der Waals surface area contributed by atoms with Gasteiger partial charge in [-0.3, -0.25) is 9.48 Å². The number of nitrogens with zero attached hydrogens (tertiary/aromatic N) is 4. The average Bonchev–Trinajstić information content (AvgIpc) is 3.34. The van der Waals surface area contributed by atoms with Crippen LogP contribution in [-0.2, 0) is 17.8 Å². The number of oxazole rings is 1. The molecule has 1 aromatic carbocycles. The first-order valence-electron chi connectivity index (χ1n) is 10.2. The van der Waals surface area contributed by atoms with Crippen LogP contribution in [0.5, 0.6) is 0 Å². The number of carbonyl (C=O) groups is 1. The fourth-order valence-corrected chi connectivity index (χ4v) is 4.16. The van der Waals surface area contributed by atoms with Crippen LogP contribution in [0.25, 0.3) is 0 Å². The molecule has 0 N–H and O–H groups in total. The minimum Gasteiger partial charge on any atom is -0.445 e. The van der Waals surface area contributed by atoms with E-state index < -0.39 is 6.43 Å². The maximum atomic E-state index is 13.2. The van der Waals surface area contributed by atoms with Gasteiger partial charge in [-0.05, 0) is 43.5 Å². The zero-order valence-electron chi connectivity index (χ0n) is 17.1. The summed E-state index contributed by atoms with van der Waals surface area (Å²) in [6, 6.07) is 8.87. The topological polar surface area (TPSA) is 64.2 Å².